The Morgan fingerprint density at radius 3 is 2.50 bits per heavy atom. The van der Waals surface area contributed by atoms with Gasteiger partial charge in [-0.15, -0.1) is 0 Å². The molecule has 0 unspecified atom stereocenters. The molecule has 2 nitrogen and oxygen atoms in total. The molecule has 1 aromatic carbocycles. The van der Waals surface area contributed by atoms with Crippen LogP contribution in [0.25, 0.3) is 0 Å². The topological polar surface area (TPSA) is 29.1 Å². The largest absolute Gasteiger partial charge is 0.355 e. The molecule has 0 aromatic heterocycles. The molecule has 0 saturated heterocycles. The van der Waals surface area contributed by atoms with E-state index < -0.39 is 0 Å². The molecule has 0 atom stereocenters. The monoisotopic (exact) mass is 319 g/mol. The number of hydrogen-bond acceptors (Lipinski definition) is 1. The number of carbonyl (C=O) groups is 1. The highest BCUT2D eigenvalue weighted by atomic mass is 79.9. The molecule has 0 aliphatic carbocycles. The van der Waals surface area contributed by atoms with Crippen LogP contribution in [-0.2, 0) is 11.2 Å². The maximum atomic E-state index is 10.9. The zero-order chi connectivity index (χ0) is 10.4. The van der Waals surface area contributed by atoms with Crippen LogP contribution in [0.4, 0.5) is 0 Å². The van der Waals surface area contributed by atoms with E-state index in [4.69, 9.17) is 0 Å². The van der Waals surface area contributed by atoms with Gasteiger partial charge in [0.2, 0.25) is 5.91 Å². The molecule has 0 aliphatic rings. The number of nitrogens with one attached hydrogen (secondary N) is 1. The molecule has 14 heavy (non-hydrogen) atoms. The summed E-state index contributed by atoms with van der Waals surface area (Å²) < 4.78 is 1.07. The standard InChI is InChI=1S/C10H11Br2NO/c11-7-10(14)13-6-5-8-1-3-9(12)4-2-8/h1-4H,5-7H2,(H,13,14). The summed E-state index contributed by atoms with van der Waals surface area (Å²) in [6.45, 7) is 0.687. The van der Waals surface area contributed by atoms with Crippen LogP contribution in [0.2, 0.25) is 0 Å². The summed E-state index contributed by atoms with van der Waals surface area (Å²) >= 11 is 6.46. The van der Waals surface area contributed by atoms with Crippen molar-refractivity contribution < 1.29 is 4.79 Å². The minimum Gasteiger partial charge on any atom is -0.355 e. The first-order valence-electron chi connectivity index (χ1n) is 4.29. The third kappa shape index (κ3) is 4.24. The Kier molecular flexibility index (Phi) is 5.19. The fourth-order valence-electron chi connectivity index (χ4n) is 1.04. The van der Waals surface area contributed by atoms with E-state index in [0.717, 1.165) is 10.9 Å². The van der Waals surface area contributed by atoms with Crippen LogP contribution in [0.5, 0.6) is 0 Å². The Morgan fingerprint density at radius 1 is 1.29 bits per heavy atom. The molecule has 1 amide bonds. The number of hydrogen-bond donors (Lipinski definition) is 1. The van der Waals surface area contributed by atoms with E-state index in [2.05, 4.69) is 37.2 Å². The van der Waals surface area contributed by atoms with Gasteiger partial charge in [-0.3, -0.25) is 4.79 Å². The summed E-state index contributed by atoms with van der Waals surface area (Å²) in [4.78, 5) is 10.9. The highest BCUT2D eigenvalue weighted by molar-refractivity contribution is 9.10. The van der Waals surface area contributed by atoms with Crippen LogP contribution in [0, 0.1) is 0 Å². The fraction of sp³-hybridized carbons (Fsp3) is 0.300. The maximum Gasteiger partial charge on any atom is 0.230 e. The van der Waals surface area contributed by atoms with Crippen LogP contribution >= 0.6 is 31.9 Å². The van der Waals surface area contributed by atoms with E-state index in [1.54, 1.807) is 0 Å². The number of halogens is 2. The molecule has 0 aliphatic heterocycles. The van der Waals surface area contributed by atoms with Crippen LogP contribution in [0.15, 0.2) is 28.7 Å². The van der Waals surface area contributed by atoms with E-state index in [1.807, 2.05) is 24.3 Å². The second-order valence-electron chi connectivity index (χ2n) is 2.86. The van der Waals surface area contributed by atoms with Crippen molar-refractivity contribution in [2.45, 2.75) is 6.42 Å². The summed E-state index contributed by atoms with van der Waals surface area (Å²) in [5, 5.41) is 3.17. The molecule has 0 fully saturated rings. The van der Waals surface area contributed by atoms with Crippen molar-refractivity contribution in [3.63, 3.8) is 0 Å². The van der Waals surface area contributed by atoms with E-state index in [1.165, 1.54) is 5.56 Å². The van der Waals surface area contributed by atoms with Gasteiger partial charge in [-0.1, -0.05) is 44.0 Å². The number of rotatable bonds is 4. The van der Waals surface area contributed by atoms with Gasteiger partial charge < -0.3 is 5.32 Å². The summed E-state index contributed by atoms with van der Waals surface area (Å²) in [6.07, 6.45) is 0.867. The van der Waals surface area contributed by atoms with E-state index in [0.29, 0.717) is 11.9 Å². The highest BCUT2D eigenvalue weighted by Gasteiger charge is 1.97. The molecular weight excluding hydrogens is 310 g/mol. The van der Waals surface area contributed by atoms with Crippen molar-refractivity contribution in [2.75, 3.05) is 11.9 Å². The molecule has 1 N–H and O–H groups in total. The molecule has 4 heteroatoms. The molecule has 0 heterocycles. The van der Waals surface area contributed by atoms with Gasteiger partial charge in [0.05, 0.1) is 5.33 Å². The van der Waals surface area contributed by atoms with Crippen LogP contribution < -0.4 is 5.32 Å². The second kappa shape index (κ2) is 6.19. The van der Waals surface area contributed by atoms with Gasteiger partial charge in [0, 0.05) is 11.0 Å². The third-order valence-corrected chi connectivity index (χ3v) is 2.81. The number of carbonyl (C=O) groups excluding carboxylic acids is 1. The molecule has 1 aromatic rings. The highest BCUT2D eigenvalue weighted by Crippen LogP contribution is 2.10. The van der Waals surface area contributed by atoms with Gasteiger partial charge in [0.15, 0.2) is 0 Å². The molecule has 0 saturated carbocycles. The number of alkyl halides is 1. The average molecular weight is 321 g/mol. The summed E-state index contributed by atoms with van der Waals surface area (Å²) in [6, 6.07) is 8.10. The summed E-state index contributed by atoms with van der Waals surface area (Å²) in [5.74, 6) is 0.0297. The Labute approximate surface area is 100 Å². The predicted molar refractivity (Wildman–Crippen MR) is 64.6 cm³/mol. The van der Waals surface area contributed by atoms with Crippen LogP contribution in [0.1, 0.15) is 5.56 Å². The first-order chi connectivity index (χ1) is 6.72. The number of benzene rings is 1. The lowest BCUT2D eigenvalue weighted by Gasteiger charge is -2.03. The first-order valence-corrected chi connectivity index (χ1v) is 6.21. The Morgan fingerprint density at radius 2 is 1.93 bits per heavy atom. The van der Waals surface area contributed by atoms with Crippen molar-refractivity contribution in [3.8, 4) is 0 Å². The van der Waals surface area contributed by atoms with Gasteiger partial charge in [-0.2, -0.15) is 0 Å². The Balaban J connectivity index is 2.31. The molecule has 76 valence electrons. The third-order valence-electron chi connectivity index (χ3n) is 1.77. The van der Waals surface area contributed by atoms with Gasteiger partial charge in [0.25, 0.3) is 0 Å². The number of amides is 1. The second-order valence-corrected chi connectivity index (χ2v) is 4.34. The first kappa shape index (κ1) is 11.7. The minimum absolute atomic E-state index is 0.0297. The van der Waals surface area contributed by atoms with Crippen molar-refractivity contribution >= 4 is 37.8 Å². The van der Waals surface area contributed by atoms with E-state index in [9.17, 15) is 4.79 Å². The summed E-state index contributed by atoms with van der Waals surface area (Å²) in [5.41, 5.74) is 1.23. The molecule has 0 bridgehead atoms. The van der Waals surface area contributed by atoms with Gasteiger partial charge in [-0.05, 0) is 24.1 Å². The molecule has 0 radical (unpaired) electrons. The van der Waals surface area contributed by atoms with Gasteiger partial charge >= 0.3 is 0 Å². The Bertz CT molecular complexity index is 297. The summed E-state index contributed by atoms with van der Waals surface area (Å²) in [7, 11) is 0. The van der Waals surface area contributed by atoms with E-state index in [-0.39, 0.29) is 5.91 Å². The fourth-order valence-corrected chi connectivity index (χ4v) is 1.51. The minimum atomic E-state index is 0.0297. The van der Waals surface area contributed by atoms with Gasteiger partial charge in [0.1, 0.15) is 0 Å². The zero-order valence-electron chi connectivity index (χ0n) is 7.59. The normalized spacial score (nSPS) is 9.86. The van der Waals surface area contributed by atoms with Crippen molar-refractivity contribution in [3.05, 3.63) is 34.3 Å². The lowest BCUT2D eigenvalue weighted by molar-refractivity contribution is -0.118. The van der Waals surface area contributed by atoms with E-state index >= 15 is 0 Å². The van der Waals surface area contributed by atoms with Crippen molar-refractivity contribution in [2.24, 2.45) is 0 Å². The quantitative estimate of drug-likeness (QED) is 0.849. The van der Waals surface area contributed by atoms with Crippen molar-refractivity contribution in [1.29, 1.82) is 0 Å². The molecular formula is C10H11Br2NO. The van der Waals surface area contributed by atoms with Crippen LogP contribution in [0.3, 0.4) is 0 Å². The zero-order valence-corrected chi connectivity index (χ0v) is 10.8. The van der Waals surface area contributed by atoms with Crippen LogP contribution in [-0.4, -0.2) is 17.8 Å². The average Bonchev–Trinajstić information content (AvgIpc) is 2.21. The van der Waals surface area contributed by atoms with Gasteiger partial charge in [-0.25, -0.2) is 0 Å². The molecule has 1 rings (SSSR count). The Hall–Kier alpha value is -0.350. The van der Waals surface area contributed by atoms with Crippen molar-refractivity contribution in [1.82, 2.24) is 5.32 Å². The predicted octanol–water partition coefficient (Wildman–Crippen LogP) is 2.50. The molecule has 0 spiro atoms. The maximum absolute atomic E-state index is 10.9. The smallest absolute Gasteiger partial charge is 0.230 e. The lowest BCUT2D eigenvalue weighted by atomic mass is 10.1. The lowest BCUT2D eigenvalue weighted by Crippen LogP contribution is -2.26. The SMILES string of the molecule is O=C(CBr)NCCc1ccc(Br)cc1.